The van der Waals surface area contributed by atoms with Crippen LogP contribution in [0, 0.1) is 0 Å². The Labute approximate surface area is 218 Å². The number of aryl methyl sites for hydroxylation is 1. The molecule has 7 heteroatoms. The van der Waals surface area contributed by atoms with Crippen molar-refractivity contribution in [2.45, 2.75) is 31.8 Å². The van der Waals surface area contributed by atoms with Gasteiger partial charge in [0.1, 0.15) is 0 Å². The number of carbonyl (C=O) groups excluding carboxylic acids is 1. The second-order valence-electron chi connectivity index (χ2n) is 8.44. The highest BCUT2D eigenvalue weighted by atomic mass is 127. The predicted octanol–water partition coefficient (Wildman–Crippen LogP) is 5.69. The van der Waals surface area contributed by atoms with Gasteiger partial charge in [0.2, 0.25) is 0 Å². The van der Waals surface area contributed by atoms with E-state index >= 15 is 0 Å². The molecule has 0 N–H and O–H groups in total. The van der Waals surface area contributed by atoms with Crippen molar-refractivity contribution in [1.29, 1.82) is 0 Å². The van der Waals surface area contributed by atoms with Gasteiger partial charge in [0.25, 0.3) is 11.5 Å². The van der Waals surface area contributed by atoms with Gasteiger partial charge in [-0.3, -0.25) is 9.59 Å². The van der Waals surface area contributed by atoms with Crippen LogP contribution in [-0.4, -0.2) is 46.6 Å². The summed E-state index contributed by atoms with van der Waals surface area (Å²) in [6.45, 7) is 1.73. The summed E-state index contributed by atoms with van der Waals surface area (Å²) < 4.78 is 7.13. The maximum Gasteiger partial charge on any atom is 0.258 e. The molecule has 0 bridgehead atoms. The highest BCUT2D eigenvalue weighted by molar-refractivity contribution is 14.1. The summed E-state index contributed by atoms with van der Waals surface area (Å²) in [7, 11) is 1.66. The summed E-state index contributed by atoms with van der Waals surface area (Å²) in [6, 6.07) is 17.1. The number of methoxy groups -OCH3 is 1. The Bertz CT molecular complexity index is 1240. The van der Waals surface area contributed by atoms with Crippen LogP contribution in [0.1, 0.15) is 28.8 Å². The van der Waals surface area contributed by atoms with E-state index in [2.05, 4.69) is 22.6 Å². The Morgan fingerprint density at radius 2 is 1.85 bits per heavy atom. The third-order valence-corrected chi connectivity index (χ3v) is 6.77. The lowest BCUT2D eigenvalue weighted by molar-refractivity contribution is 0.0630. The molecule has 3 aromatic rings. The quantitative estimate of drug-likeness (QED) is 0.290. The summed E-state index contributed by atoms with van der Waals surface area (Å²) in [5.74, 6) is -0.0571. The molecule has 0 radical (unpaired) electrons. The molecule has 1 aromatic heterocycles. The Hall–Kier alpha value is -2.16. The van der Waals surface area contributed by atoms with Crippen molar-refractivity contribution in [2.24, 2.45) is 0 Å². The number of likely N-dealkylation sites (tertiary alicyclic amines) is 1. The first-order valence-corrected chi connectivity index (χ1v) is 13.9. The van der Waals surface area contributed by atoms with Crippen LogP contribution < -0.4 is 5.56 Å². The molecule has 1 saturated heterocycles. The number of aromatic nitrogens is 1. The highest BCUT2D eigenvalue weighted by Crippen LogP contribution is 2.36. The molecule has 34 heavy (non-hydrogen) atoms. The Kier molecular flexibility index (Phi) is 8.11. The largest absolute Gasteiger partial charge is 0.383 e. The van der Waals surface area contributed by atoms with Gasteiger partial charge in [0, 0.05) is 36.3 Å². The van der Waals surface area contributed by atoms with Crippen molar-refractivity contribution in [3.63, 3.8) is 0 Å². The van der Waals surface area contributed by atoms with Crippen molar-refractivity contribution in [1.82, 2.24) is 9.47 Å². The maximum absolute atomic E-state index is 13.9. The van der Waals surface area contributed by atoms with E-state index in [4.69, 9.17) is 16.3 Å². The molecule has 178 valence electrons. The molecule has 0 unspecified atom stereocenters. The molecule has 2 aliphatic rings. The van der Waals surface area contributed by atoms with E-state index in [1.54, 1.807) is 17.7 Å². The van der Waals surface area contributed by atoms with Gasteiger partial charge in [-0.25, -0.2) is 0 Å². The van der Waals surface area contributed by atoms with Crippen LogP contribution in [-0.2, 0) is 17.7 Å². The molecule has 2 aromatic carbocycles. The number of fused-ring (bicyclic) bond motifs is 3. The standard InChI is InChI=1S/C26H25ClN2O3.CH3I/c1-32-16-20-8-5-12-28(20)26(31)23-15-22(17-6-3-2-4-7-17)25(30)29-13-11-18-9-10-19(27)14-21(18)24(23)29;1-2/h2-4,6-7,9-10,14-15,20H,5,8,11-13,16H2,1H3;1H3/t20-;/m0./s1. The number of nitrogens with zero attached hydrogens (tertiary/aromatic N) is 2. The molecule has 1 fully saturated rings. The third kappa shape index (κ3) is 4.68. The van der Waals surface area contributed by atoms with Crippen LogP contribution >= 0.6 is 34.2 Å². The molecule has 2 aliphatic heterocycles. The summed E-state index contributed by atoms with van der Waals surface area (Å²) in [6.07, 6.45) is 2.59. The van der Waals surface area contributed by atoms with Crippen LogP contribution in [0.15, 0.2) is 59.4 Å². The third-order valence-electron chi connectivity index (χ3n) is 6.53. The van der Waals surface area contributed by atoms with Gasteiger partial charge < -0.3 is 14.2 Å². The molecular weight excluding hydrogens is 563 g/mol. The van der Waals surface area contributed by atoms with Crippen LogP contribution in [0.4, 0.5) is 0 Å². The zero-order valence-corrected chi connectivity index (χ0v) is 22.3. The van der Waals surface area contributed by atoms with Crippen molar-refractivity contribution in [3.8, 4) is 22.4 Å². The number of benzene rings is 2. The molecule has 3 heterocycles. The number of alkyl halides is 1. The number of amides is 1. The summed E-state index contributed by atoms with van der Waals surface area (Å²) >= 11 is 8.48. The fourth-order valence-corrected chi connectivity index (χ4v) is 5.17. The lowest BCUT2D eigenvalue weighted by atomic mass is 9.92. The van der Waals surface area contributed by atoms with E-state index in [9.17, 15) is 9.59 Å². The molecule has 5 nitrogen and oxygen atoms in total. The first-order valence-electron chi connectivity index (χ1n) is 11.4. The summed E-state index contributed by atoms with van der Waals surface area (Å²) in [5.41, 5.74) is 4.47. The zero-order valence-electron chi connectivity index (χ0n) is 19.4. The van der Waals surface area contributed by atoms with Crippen molar-refractivity contribution in [2.75, 3.05) is 25.2 Å². The lowest BCUT2D eigenvalue weighted by Crippen LogP contribution is -2.40. The minimum atomic E-state index is -0.0803. The van der Waals surface area contributed by atoms with Gasteiger partial charge in [0.05, 0.1) is 23.9 Å². The van der Waals surface area contributed by atoms with E-state index in [0.717, 1.165) is 36.0 Å². The van der Waals surface area contributed by atoms with Crippen molar-refractivity contribution < 1.29 is 9.53 Å². The van der Waals surface area contributed by atoms with Crippen LogP contribution in [0.25, 0.3) is 22.4 Å². The molecule has 0 spiro atoms. The minimum Gasteiger partial charge on any atom is -0.383 e. The fraction of sp³-hybridized carbons (Fsp3) is 0.333. The monoisotopic (exact) mass is 590 g/mol. The first kappa shape index (κ1) is 24.9. The van der Waals surface area contributed by atoms with Gasteiger partial charge in [-0.1, -0.05) is 70.6 Å². The van der Waals surface area contributed by atoms with Crippen LogP contribution in [0.3, 0.4) is 0 Å². The fourth-order valence-electron chi connectivity index (χ4n) is 5.00. The molecular formula is C27H28ClIN2O3. The van der Waals surface area contributed by atoms with Gasteiger partial charge >= 0.3 is 0 Å². The normalized spacial score (nSPS) is 16.4. The van der Waals surface area contributed by atoms with Crippen LogP contribution in [0.2, 0.25) is 5.02 Å². The highest BCUT2D eigenvalue weighted by Gasteiger charge is 2.33. The van der Waals surface area contributed by atoms with Gasteiger partial charge in [-0.2, -0.15) is 0 Å². The van der Waals surface area contributed by atoms with Gasteiger partial charge in [-0.15, -0.1) is 0 Å². The second kappa shape index (κ2) is 11.1. The first-order chi connectivity index (χ1) is 16.6. The average molecular weight is 591 g/mol. The van der Waals surface area contributed by atoms with E-state index in [1.807, 2.05) is 58.4 Å². The van der Waals surface area contributed by atoms with Crippen LogP contribution in [0.5, 0.6) is 0 Å². The van der Waals surface area contributed by atoms with E-state index < -0.39 is 0 Å². The predicted molar refractivity (Wildman–Crippen MR) is 146 cm³/mol. The Morgan fingerprint density at radius 3 is 2.59 bits per heavy atom. The average Bonchev–Trinajstić information content (AvgIpc) is 3.34. The molecule has 0 saturated carbocycles. The lowest BCUT2D eigenvalue weighted by Gasteiger charge is -2.29. The number of hydrogen-bond acceptors (Lipinski definition) is 3. The number of ether oxygens (including phenoxy) is 1. The van der Waals surface area contributed by atoms with Crippen molar-refractivity contribution >= 4 is 40.1 Å². The minimum absolute atomic E-state index is 0.0441. The summed E-state index contributed by atoms with van der Waals surface area (Å²) in [5, 5.41) is 0.591. The topological polar surface area (TPSA) is 51.5 Å². The second-order valence-corrected chi connectivity index (χ2v) is 8.88. The number of carbonyl (C=O) groups is 1. The number of halogens is 2. The van der Waals surface area contributed by atoms with E-state index in [-0.39, 0.29) is 17.5 Å². The van der Waals surface area contributed by atoms with Crippen molar-refractivity contribution in [3.05, 3.63) is 81.1 Å². The molecule has 1 amide bonds. The van der Waals surface area contributed by atoms with E-state index in [1.165, 1.54) is 0 Å². The SMILES string of the molecule is CI.COC[C@@H]1CCCN1C(=O)c1cc(-c2ccccc2)c(=O)n2c1-c1cc(Cl)ccc1CC2. The number of hydrogen-bond donors (Lipinski definition) is 0. The molecule has 1 atom stereocenters. The van der Waals surface area contributed by atoms with Gasteiger partial charge in [0.15, 0.2) is 0 Å². The zero-order chi connectivity index (χ0) is 24.2. The Morgan fingerprint density at radius 1 is 1.09 bits per heavy atom. The number of pyridine rings is 1. The van der Waals surface area contributed by atoms with Gasteiger partial charge in [-0.05, 0) is 53.5 Å². The summed E-state index contributed by atoms with van der Waals surface area (Å²) in [4.78, 5) is 31.3. The van der Waals surface area contributed by atoms with E-state index in [0.29, 0.717) is 41.5 Å². The molecule has 5 rings (SSSR count). The smallest absolute Gasteiger partial charge is 0.258 e. The maximum atomic E-state index is 13.9. The molecule has 0 aliphatic carbocycles. The number of rotatable bonds is 4. The Balaban J connectivity index is 0.00000133.